The molecule has 8 nitrogen and oxygen atoms in total. The van der Waals surface area contributed by atoms with Crippen LogP contribution in [0.2, 0.25) is 0 Å². The fourth-order valence-electron chi connectivity index (χ4n) is 1.46. The highest BCUT2D eigenvalue weighted by Gasteiger charge is 2.26. The first-order valence-electron chi connectivity index (χ1n) is 7.50. The van der Waals surface area contributed by atoms with Gasteiger partial charge in [0, 0.05) is 5.75 Å². The lowest BCUT2D eigenvalue weighted by Gasteiger charge is -2.18. The summed E-state index contributed by atoms with van der Waals surface area (Å²) in [6.07, 6.45) is 0.811. The van der Waals surface area contributed by atoms with Gasteiger partial charge in [0.2, 0.25) is 0 Å². The molecule has 0 bridgehead atoms. The second-order valence-corrected chi connectivity index (χ2v) is 7.98. The molecule has 0 radical (unpaired) electrons. The van der Waals surface area contributed by atoms with Crippen molar-refractivity contribution in [1.82, 2.24) is 5.32 Å². The summed E-state index contributed by atoms with van der Waals surface area (Å²) in [5.41, 5.74) is 0.0189. The number of unbranched alkanes of at least 4 members (excludes halogenated alkanes) is 1. The highest BCUT2D eigenvalue weighted by molar-refractivity contribution is 8.04. The lowest BCUT2D eigenvalue weighted by Crippen LogP contribution is -2.43. The van der Waals surface area contributed by atoms with Crippen LogP contribution in [0, 0.1) is 0 Å². The number of carbonyl (C=O) groups excluding carboxylic acids is 1. The van der Waals surface area contributed by atoms with Gasteiger partial charge in [-0.15, -0.1) is 11.8 Å². The lowest BCUT2D eigenvalue weighted by molar-refractivity contribution is -0.138. The second kappa shape index (κ2) is 12.6. The van der Waals surface area contributed by atoms with Gasteiger partial charge in [0.25, 0.3) is 0 Å². The Labute approximate surface area is 141 Å². The second-order valence-electron chi connectivity index (χ2n) is 4.47. The number of ether oxygens (including phenoxy) is 1. The van der Waals surface area contributed by atoms with Crippen LogP contribution in [-0.2, 0) is 23.1 Å². The van der Waals surface area contributed by atoms with Crippen LogP contribution in [0.3, 0.4) is 0 Å². The molecule has 0 saturated heterocycles. The van der Waals surface area contributed by atoms with Crippen molar-refractivity contribution in [3.05, 3.63) is 0 Å². The third kappa shape index (κ3) is 10.6. The van der Waals surface area contributed by atoms with Gasteiger partial charge in [-0.3, -0.25) is 4.57 Å². The molecule has 0 saturated carbocycles. The average molecular weight is 371 g/mol. The molecule has 0 aromatic rings. The number of aliphatic carboxylic acids is 1. The smallest absolute Gasteiger partial charge is 0.407 e. The number of thioether (sulfide) groups is 1. The first-order valence-corrected chi connectivity index (χ1v) is 10.4. The van der Waals surface area contributed by atoms with Gasteiger partial charge in [0.1, 0.15) is 6.04 Å². The Morgan fingerprint density at radius 2 is 1.83 bits per heavy atom. The van der Waals surface area contributed by atoms with Gasteiger partial charge >= 0.3 is 19.7 Å². The van der Waals surface area contributed by atoms with E-state index in [0.29, 0.717) is 6.42 Å². The summed E-state index contributed by atoms with van der Waals surface area (Å²) in [4.78, 5) is 22.6. The van der Waals surface area contributed by atoms with Crippen molar-refractivity contribution in [2.24, 2.45) is 0 Å². The van der Waals surface area contributed by atoms with E-state index in [0.717, 1.165) is 18.2 Å². The number of carboxylic acids is 1. The number of nitrogens with one attached hydrogen (secondary N) is 1. The highest BCUT2D eigenvalue weighted by atomic mass is 32.2. The maximum Gasteiger partial charge on any atom is 0.407 e. The molecule has 2 N–H and O–H groups in total. The van der Waals surface area contributed by atoms with Crippen LogP contribution >= 0.6 is 19.4 Å². The summed E-state index contributed by atoms with van der Waals surface area (Å²) < 4.78 is 27.3. The molecule has 0 fully saturated rings. The lowest BCUT2D eigenvalue weighted by atomic mass is 10.3. The highest BCUT2D eigenvalue weighted by Crippen LogP contribution is 2.50. The number of carbonyl (C=O) groups is 2. The van der Waals surface area contributed by atoms with Crippen molar-refractivity contribution in [1.29, 1.82) is 0 Å². The Morgan fingerprint density at radius 3 is 2.30 bits per heavy atom. The van der Waals surface area contributed by atoms with E-state index >= 15 is 0 Å². The summed E-state index contributed by atoms with van der Waals surface area (Å²) in [6.45, 7) is 6.07. The molecule has 1 unspecified atom stereocenters. The molecule has 1 atom stereocenters. The number of amides is 1. The normalized spacial score (nSPS) is 12.7. The van der Waals surface area contributed by atoms with Crippen LogP contribution in [0.4, 0.5) is 4.79 Å². The van der Waals surface area contributed by atoms with Crippen molar-refractivity contribution < 1.29 is 33.0 Å². The molecular formula is C13H26NO7PS. The minimum Gasteiger partial charge on any atom is -0.480 e. The van der Waals surface area contributed by atoms with Crippen LogP contribution in [0.25, 0.3) is 0 Å². The quantitative estimate of drug-likeness (QED) is 0.375. The first kappa shape index (κ1) is 22.2. The predicted molar refractivity (Wildman–Crippen MR) is 89.0 cm³/mol. The summed E-state index contributed by atoms with van der Waals surface area (Å²) >= 11 is 1.08. The zero-order valence-corrected chi connectivity index (χ0v) is 15.5. The molecule has 0 aliphatic carbocycles. The first-order chi connectivity index (χ1) is 10.9. The van der Waals surface area contributed by atoms with Gasteiger partial charge < -0.3 is 24.2 Å². The topological polar surface area (TPSA) is 111 Å². The zero-order chi connectivity index (χ0) is 17.7. The van der Waals surface area contributed by atoms with Crippen LogP contribution in [0.5, 0.6) is 0 Å². The molecule has 0 aromatic heterocycles. The predicted octanol–water partition coefficient (Wildman–Crippen LogP) is 2.92. The van der Waals surface area contributed by atoms with E-state index in [9.17, 15) is 14.2 Å². The molecule has 0 rings (SSSR count). The molecule has 0 heterocycles. The van der Waals surface area contributed by atoms with E-state index in [4.69, 9.17) is 18.9 Å². The van der Waals surface area contributed by atoms with Crippen molar-refractivity contribution >= 4 is 31.4 Å². The van der Waals surface area contributed by atoms with E-state index in [-0.39, 0.29) is 31.1 Å². The maximum absolute atomic E-state index is 12.2. The molecule has 1 amide bonds. The van der Waals surface area contributed by atoms with Gasteiger partial charge in [0.05, 0.1) is 25.3 Å². The van der Waals surface area contributed by atoms with E-state index in [1.54, 1.807) is 13.8 Å². The van der Waals surface area contributed by atoms with Crippen molar-refractivity contribution in [3.63, 3.8) is 0 Å². The van der Waals surface area contributed by atoms with E-state index < -0.39 is 25.7 Å². The SMILES string of the molecule is CCCCOC(=O)NC(CSCP(=O)(OCC)OCC)C(=O)O. The van der Waals surface area contributed by atoms with Crippen molar-refractivity contribution in [2.75, 3.05) is 31.1 Å². The van der Waals surface area contributed by atoms with Gasteiger partial charge in [-0.05, 0) is 20.3 Å². The van der Waals surface area contributed by atoms with Crippen molar-refractivity contribution in [3.8, 4) is 0 Å². The third-order valence-electron chi connectivity index (χ3n) is 2.51. The van der Waals surface area contributed by atoms with Crippen molar-refractivity contribution in [2.45, 2.75) is 39.7 Å². The average Bonchev–Trinajstić information content (AvgIpc) is 2.46. The summed E-state index contributed by atoms with van der Waals surface area (Å²) in [7, 11) is -3.24. The summed E-state index contributed by atoms with van der Waals surface area (Å²) in [5, 5.41) is 11.4. The molecule has 136 valence electrons. The molecule has 0 aliphatic rings. The maximum atomic E-state index is 12.2. The number of hydrogen-bond donors (Lipinski definition) is 2. The molecule has 0 aromatic carbocycles. The molecule has 0 spiro atoms. The van der Waals surface area contributed by atoms with Gasteiger partial charge in [-0.2, -0.15) is 0 Å². The number of hydrogen-bond acceptors (Lipinski definition) is 7. The number of carboxylic acid groups (broad SMARTS) is 1. The molecule has 0 aliphatic heterocycles. The van der Waals surface area contributed by atoms with Crippen LogP contribution in [-0.4, -0.2) is 54.3 Å². The Balaban J connectivity index is 4.35. The van der Waals surface area contributed by atoms with Gasteiger partial charge in [-0.1, -0.05) is 13.3 Å². The van der Waals surface area contributed by atoms with E-state index in [1.807, 2.05) is 6.92 Å². The van der Waals surface area contributed by atoms with Crippen LogP contribution in [0.15, 0.2) is 0 Å². The van der Waals surface area contributed by atoms with Gasteiger partial charge in [0.15, 0.2) is 0 Å². The molecular weight excluding hydrogens is 345 g/mol. The van der Waals surface area contributed by atoms with Crippen LogP contribution in [0.1, 0.15) is 33.6 Å². The van der Waals surface area contributed by atoms with E-state index in [2.05, 4.69) is 5.32 Å². The Bertz CT molecular complexity index is 398. The minimum atomic E-state index is -3.24. The Kier molecular flexibility index (Phi) is 12.2. The largest absolute Gasteiger partial charge is 0.480 e. The zero-order valence-electron chi connectivity index (χ0n) is 13.8. The fraction of sp³-hybridized carbons (Fsp3) is 0.846. The number of alkyl carbamates (subject to hydrolysis) is 1. The summed E-state index contributed by atoms with van der Waals surface area (Å²) in [5.74, 6) is -1.16. The monoisotopic (exact) mass is 371 g/mol. The summed E-state index contributed by atoms with van der Waals surface area (Å²) in [6, 6.07) is -1.13. The van der Waals surface area contributed by atoms with Crippen LogP contribution < -0.4 is 5.32 Å². The Hall–Kier alpha value is -0.760. The number of rotatable bonds is 13. The molecule has 10 heteroatoms. The third-order valence-corrected chi connectivity index (χ3v) is 6.37. The minimum absolute atomic E-state index is 0.0189. The van der Waals surface area contributed by atoms with E-state index in [1.165, 1.54) is 0 Å². The van der Waals surface area contributed by atoms with Gasteiger partial charge in [-0.25, -0.2) is 9.59 Å². The fourth-order valence-corrected chi connectivity index (χ4v) is 4.69. The molecule has 23 heavy (non-hydrogen) atoms. The standard InChI is InChI=1S/C13H26NO7PS/c1-4-7-8-19-13(17)14-11(12(15)16)9-23-10-22(18,20-5-2)21-6-3/h11H,4-10H2,1-3H3,(H,14,17)(H,15,16). The Morgan fingerprint density at radius 1 is 1.22 bits per heavy atom.